The quantitative estimate of drug-likeness (QED) is 0.236. The Balaban J connectivity index is 1.41. The van der Waals surface area contributed by atoms with Crippen molar-refractivity contribution < 1.29 is 30.0 Å². The molecule has 2 aromatic heterocycles. The van der Waals surface area contributed by atoms with Gasteiger partial charge in [-0.2, -0.15) is 0 Å². The first-order valence-corrected chi connectivity index (χ1v) is 19.0. The molecule has 2 saturated heterocycles. The lowest BCUT2D eigenvalue weighted by Gasteiger charge is -2.39. The van der Waals surface area contributed by atoms with Crippen LogP contribution in [0.5, 0.6) is 0 Å². The van der Waals surface area contributed by atoms with E-state index in [0.29, 0.717) is 41.6 Å². The highest BCUT2D eigenvalue weighted by Gasteiger charge is 2.31. The highest BCUT2D eigenvalue weighted by Crippen LogP contribution is 2.43. The molecule has 0 amide bonds. The van der Waals surface area contributed by atoms with Crippen LogP contribution >= 0.6 is 11.3 Å². The molecule has 0 unspecified atom stereocenters. The Morgan fingerprint density at radius 1 is 0.957 bits per heavy atom. The molecule has 0 spiro atoms. The van der Waals surface area contributed by atoms with Gasteiger partial charge in [-0.3, -0.25) is 4.72 Å². The highest BCUT2D eigenvalue weighted by molar-refractivity contribution is 7.92. The molecule has 2 aliphatic rings. The predicted molar refractivity (Wildman–Crippen MR) is 175 cm³/mol. The fraction of sp³-hybridized carbons (Fsp3) is 0.367. The molecule has 0 saturated carbocycles. The average Bonchev–Trinajstić information content (AvgIpc) is 3.44. The second kappa shape index (κ2) is 13.0. The molecule has 11 nitrogen and oxygen atoms in total. The maximum atomic E-state index is 16.3. The Kier molecular flexibility index (Phi) is 9.17. The fourth-order valence-corrected chi connectivity index (χ4v) is 9.73. The van der Waals surface area contributed by atoms with E-state index in [0.717, 1.165) is 24.3 Å². The molecular formula is C30H32F3N7O4S3. The van der Waals surface area contributed by atoms with Crippen LogP contribution in [0.2, 0.25) is 0 Å². The molecular weight excluding hydrogens is 676 g/mol. The Labute approximate surface area is 274 Å². The molecule has 4 heterocycles. The number of nitrogens with one attached hydrogen (secondary N) is 3. The maximum Gasteiger partial charge on any atom is 0.267 e. The predicted octanol–water partition coefficient (Wildman–Crippen LogP) is 4.66. The minimum Gasteiger partial charge on any atom is -0.351 e. The molecule has 47 heavy (non-hydrogen) atoms. The van der Waals surface area contributed by atoms with Gasteiger partial charge >= 0.3 is 0 Å². The van der Waals surface area contributed by atoms with Crippen molar-refractivity contribution in [2.75, 3.05) is 39.5 Å². The van der Waals surface area contributed by atoms with Gasteiger partial charge in [-0.15, -0.1) is 0 Å². The zero-order chi connectivity index (χ0) is 33.5. The first-order valence-electron chi connectivity index (χ1n) is 14.9. The van der Waals surface area contributed by atoms with E-state index in [2.05, 4.69) is 25.5 Å². The molecule has 4 aromatic rings. The summed E-state index contributed by atoms with van der Waals surface area (Å²) in [5.74, 6) is -3.23. The van der Waals surface area contributed by atoms with Gasteiger partial charge in [0.2, 0.25) is 5.95 Å². The van der Waals surface area contributed by atoms with Crippen molar-refractivity contribution in [3.63, 3.8) is 0 Å². The van der Waals surface area contributed by atoms with Crippen molar-refractivity contribution in [3.8, 4) is 21.8 Å². The van der Waals surface area contributed by atoms with Crippen molar-refractivity contribution in [1.82, 2.24) is 20.3 Å². The van der Waals surface area contributed by atoms with Crippen molar-refractivity contribution in [1.29, 1.82) is 0 Å². The Morgan fingerprint density at radius 2 is 1.62 bits per heavy atom. The van der Waals surface area contributed by atoms with Gasteiger partial charge in [0.25, 0.3) is 10.0 Å². The summed E-state index contributed by atoms with van der Waals surface area (Å²) < 4.78 is 96.8. The lowest BCUT2D eigenvalue weighted by Crippen LogP contribution is -2.55. The van der Waals surface area contributed by atoms with Gasteiger partial charge in [0.1, 0.15) is 21.5 Å². The molecule has 2 atom stereocenters. The van der Waals surface area contributed by atoms with Crippen LogP contribution in [0.4, 0.5) is 29.9 Å². The standard InChI is InChI=1S/C30H32F3N7O4S3/c1-17-15-34-16-18(2)40(17)30-38-26(27(45-30)24-9-12-35-29(37-24)36-19-10-13-46(41,42)14-11-19)20-5-3-8-23(25(20)33)39-47(43,44)28-21(31)6-4-7-22(28)32/h3-9,12,17-19,34,39H,10-11,13-16H2,1-2H3,(H,35,36,37)/t17-,18-/m1/s1. The third kappa shape index (κ3) is 6.93. The largest absolute Gasteiger partial charge is 0.351 e. The average molecular weight is 708 g/mol. The summed E-state index contributed by atoms with van der Waals surface area (Å²) in [6.45, 7) is 5.48. The van der Waals surface area contributed by atoms with Crippen LogP contribution in [0.25, 0.3) is 21.8 Å². The van der Waals surface area contributed by atoms with Crippen LogP contribution in [0, 0.1) is 17.5 Å². The number of sulfone groups is 1. The number of aromatic nitrogens is 3. The Bertz CT molecular complexity index is 1980. The maximum absolute atomic E-state index is 16.3. The van der Waals surface area contributed by atoms with E-state index < -0.39 is 47.9 Å². The van der Waals surface area contributed by atoms with Gasteiger partial charge < -0.3 is 15.5 Å². The second-order valence-electron chi connectivity index (χ2n) is 11.6. The third-order valence-corrected chi connectivity index (χ3v) is 12.4. The van der Waals surface area contributed by atoms with Crippen molar-refractivity contribution in [3.05, 3.63) is 66.1 Å². The SMILES string of the molecule is C[C@@H]1CNC[C@@H](C)N1c1nc(-c2cccc(NS(=O)(=O)c3c(F)cccc3F)c2F)c(-c2ccnc(NC3CCS(=O)(=O)CC3)n2)s1. The monoisotopic (exact) mass is 707 g/mol. The van der Waals surface area contributed by atoms with Gasteiger partial charge in [-0.1, -0.05) is 23.5 Å². The number of rotatable bonds is 8. The number of benzene rings is 2. The van der Waals surface area contributed by atoms with Crippen molar-refractivity contribution >= 4 is 48.0 Å². The number of sulfonamides is 1. The normalized spacial score (nSPS) is 20.2. The van der Waals surface area contributed by atoms with E-state index in [1.165, 1.54) is 29.7 Å². The number of hydrogen-bond acceptors (Lipinski definition) is 11. The number of hydrogen-bond donors (Lipinski definition) is 3. The number of halogens is 3. The summed E-state index contributed by atoms with van der Waals surface area (Å²) >= 11 is 1.29. The number of piperazine rings is 1. The summed E-state index contributed by atoms with van der Waals surface area (Å²) in [6, 6.07) is 8.23. The lowest BCUT2D eigenvalue weighted by molar-refractivity contribution is 0.431. The smallest absolute Gasteiger partial charge is 0.267 e. The topological polar surface area (TPSA) is 146 Å². The number of anilines is 3. The van der Waals surface area contributed by atoms with Crippen LogP contribution in [-0.4, -0.2) is 74.5 Å². The zero-order valence-corrected chi connectivity index (χ0v) is 27.8. The van der Waals surface area contributed by atoms with Crippen molar-refractivity contribution in [2.24, 2.45) is 0 Å². The van der Waals surface area contributed by atoms with Gasteiger partial charge in [0.15, 0.2) is 15.8 Å². The van der Waals surface area contributed by atoms with Crippen LogP contribution in [0.1, 0.15) is 26.7 Å². The van der Waals surface area contributed by atoms with Gasteiger partial charge in [-0.25, -0.2) is 45.0 Å². The number of thiazole rings is 1. The van der Waals surface area contributed by atoms with Gasteiger partial charge in [0.05, 0.1) is 33.5 Å². The van der Waals surface area contributed by atoms with Crippen LogP contribution in [-0.2, 0) is 19.9 Å². The van der Waals surface area contributed by atoms with Crippen molar-refractivity contribution in [2.45, 2.75) is 49.7 Å². The van der Waals surface area contributed by atoms with E-state index in [1.54, 1.807) is 6.07 Å². The zero-order valence-electron chi connectivity index (χ0n) is 25.4. The summed E-state index contributed by atoms with van der Waals surface area (Å²) in [5.41, 5.74) is 0.0236. The second-order valence-corrected chi connectivity index (χ2v) is 16.5. The van der Waals surface area contributed by atoms with E-state index in [9.17, 15) is 25.6 Å². The van der Waals surface area contributed by atoms with E-state index in [1.807, 2.05) is 18.6 Å². The fourth-order valence-electron chi connectivity index (χ4n) is 5.79. The Hall–Kier alpha value is -3.80. The minimum absolute atomic E-state index is 0.0504. The molecule has 2 aliphatic heterocycles. The first kappa shape index (κ1) is 33.1. The third-order valence-electron chi connectivity index (χ3n) is 8.13. The van der Waals surface area contributed by atoms with Crippen LogP contribution < -0.4 is 20.3 Å². The molecule has 250 valence electrons. The Morgan fingerprint density at radius 3 is 2.30 bits per heavy atom. The summed E-state index contributed by atoms with van der Waals surface area (Å²) in [5, 5.41) is 7.18. The summed E-state index contributed by atoms with van der Waals surface area (Å²) in [7, 11) is -7.92. The minimum atomic E-state index is -4.85. The molecule has 2 aromatic carbocycles. The number of nitrogens with zero attached hydrogens (tertiary/aromatic N) is 4. The summed E-state index contributed by atoms with van der Waals surface area (Å²) in [6.07, 6.45) is 2.36. The molecule has 2 fully saturated rings. The molecule has 3 N–H and O–H groups in total. The molecule has 6 rings (SSSR count). The molecule has 0 radical (unpaired) electrons. The van der Waals surface area contributed by atoms with E-state index >= 15 is 4.39 Å². The van der Waals surface area contributed by atoms with E-state index in [4.69, 9.17) is 4.98 Å². The van der Waals surface area contributed by atoms with Crippen LogP contribution in [0.15, 0.2) is 53.6 Å². The summed E-state index contributed by atoms with van der Waals surface area (Å²) in [4.78, 5) is 15.2. The first-order chi connectivity index (χ1) is 22.3. The molecule has 0 bridgehead atoms. The van der Waals surface area contributed by atoms with Crippen LogP contribution in [0.3, 0.4) is 0 Å². The molecule has 0 aliphatic carbocycles. The van der Waals surface area contributed by atoms with E-state index in [-0.39, 0.29) is 46.8 Å². The van der Waals surface area contributed by atoms with Gasteiger partial charge in [0, 0.05) is 43.0 Å². The molecule has 17 heteroatoms. The van der Waals surface area contributed by atoms with Gasteiger partial charge in [-0.05, 0) is 57.0 Å². The lowest BCUT2D eigenvalue weighted by atomic mass is 10.1. The highest BCUT2D eigenvalue weighted by atomic mass is 32.2.